The summed E-state index contributed by atoms with van der Waals surface area (Å²) < 4.78 is 4.96. The zero-order chi connectivity index (χ0) is 8.27. The Morgan fingerprint density at radius 1 is 1.55 bits per heavy atom. The van der Waals surface area contributed by atoms with Crippen molar-refractivity contribution in [2.75, 3.05) is 27.2 Å². The van der Waals surface area contributed by atoms with E-state index in [0.717, 1.165) is 12.8 Å². The van der Waals surface area contributed by atoms with Crippen LogP contribution in [0.4, 0.5) is 0 Å². The van der Waals surface area contributed by atoms with Crippen molar-refractivity contribution in [2.45, 2.75) is 12.8 Å². The predicted molar refractivity (Wildman–Crippen MR) is 42.0 cm³/mol. The van der Waals surface area contributed by atoms with E-state index in [1.165, 1.54) is 5.92 Å². The molecule has 3 heteroatoms. The predicted octanol–water partition coefficient (Wildman–Crippen LogP) is 0.459. The first-order valence-electron chi connectivity index (χ1n) is 3.82. The fourth-order valence-electron chi connectivity index (χ4n) is 0.719. The van der Waals surface area contributed by atoms with E-state index in [1.807, 2.05) is 14.1 Å². The number of ether oxygens (including phenoxy) is 1. The summed E-state index contributed by atoms with van der Waals surface area (Å²) in [5, 5.41) is 0. The van der Waals surface area contributed by atoms with Gasteiger partial charge in [-0.2, -0.15) is 0 Å². The third-order valence-corrected chi connectivity index (χ3v) is 1.49. The smallest absolute Gasteiger partial charge is 0.320 e. The number of carbonyl (C=O) groups is 1. The molecule has 0 bridgehead atoms. The minimum Gasteiger partial charge on any atom is -0.464 e. The minimum absolute atomic E-state index is 0.130. The summed E-state index contributed by atoms with van der Waals surface area (Å²) in [5.41, 5.74) is 0. The molecule has 0 aromatic rings. The Labute approximate surface area is 67.3 Å². The first kappa shape index (κ1) is 8.53. The molecule has 1 saturated carbocycles. The maximum absolute atomic E-state index is 10.9. The molecule has 3 nitrogen and oxygen atoms in total. The number of rotatable bonds is 4. The van der Waals surface area contributed by atoms with E-state index >= 15 is 0 Å². The third-order valence-electron chi connectivity index (χ3n) is 1.49. The number of carbonyl (C=O) groups excluding carboxylic acids is 1. The molecule has 1 aliphatic carbocycles. The van der Waals surface area contributed by atoms with Crippen LogP contribution in [0.2, 0.25) is 0 Å². The highest BCUT2D eigenvalue weighted by Gasteiger charge is 2.23. The molecule has 0 N–H and O–H groups in total. The molecule has 0 aromatic heterocycles. The minimum atomic E-state index is -0.130. The second-order valence-electron chi connectivity index (χ2n) is 3.15. The van der Waals surface area contributed by atoms with Crippen LogP contribution in [-0.2, 0) is 9.53 Å². The lowest BCUT2D eigenvalue weighted by Gasteiger charge is -2.08. The van der Waals surface area contributed by atoms with Crippen molar-refractivity contribution < 1.29 is 9.53 Å². The van der Waals surface area contributed by atoms with Gasteiger partial charge in [0, 0.05) is 5.92 Å². The van der Waals surface area contributed by atoms with E-state index in [1.54, 1.807) is 4.90 Å². The largest absolute Gasteiger partial charge is 0.464 e. The Hall–Kier alpha value is -0.570. The van der Waals surface area contributed by atoms with Gasteiger partial charge in [-0.15, -0.1) is 0 Å². The number of hydrogen-bond acceptors (Lipinski definition) is 3. The van der Waals surface area contributed by atoms with Gasteiger partial charge in [0.2, 0.25) is 0 Å². The Kier molecular flexibility index (Phi) is 2.88. The topological polar surface area (TPSA) is 29.5 Å². The highest BCUT2D eigenvalue weighted by molar-refractivity contribution is 5.71. The van der Waals surface area contributed by atoms with Crippen molar-refractivity contribution in [3.8, 4) is 0 Å². The lowest BCUT2D eigenvalue weighted by Crippen LogP contribution is -2.23. The summed E-state index contributed by atoms with van der Waals surface area (Å²) in [6.07, 6.45) is 2.30. The van der Waals surface area contributed by atoms with E-state index in [2.05, 4.69) is 0 Å². The third kappa shape index (κ3) is 3.98. The van der Waals surface area contributed by atoms with E-state index < -0.39 is 0 Å². The zero-order valence-electron chi connectivity index (χ0n) is 7.09. The first-order chi connectivity index (χ1) is 5.18. The molecule has 11 heavy (non-hydrogen) atoms. The van der Waals surface area contributed by atoms with Crippen molar-refractivity contribution in [3.63, 3.8) is 0 Å². The molecule has 0 spiro atoms. The molecule has 1 rings (SSSR count). The van der Waals surface area contributed by atoms with Crippen molar-refractivity contribution in [3.05, 3.63) is 5.92 Å². The fraction of sp³-hybridized carbons (Fsp3) is 0.750. The first-order valence-corrected chi connectivity index (χ1v) is 3.82. The molecule has 63 valence electrons. The van der Waals surface area contributed by atoms with Crippen molar-refractivity contribution in [1.82, 2.24) is 4.90 Å². The van der Waals surface area contributed by atoms with Gasteiger partial charge in [-0.25, -0.2) is 0 Å². The van der Waals surface area contributed by atoms with E-state index in [4.69, 9.17) is 4.74 Å². The summed E-state index contributed by atoms with van der Waals surface area (Å²) in [4.78, 5) is 12.7. The van der Waals surface area contributed by atoms with Gasteiger partial charge in [0.1, 0.15) is 0 Å². The average Bonchev–Trinajstić information content (AvgIpc) is 2.63. The number of esters is 1. The van der Waals surface area contributed by atoms with Crippen molar-refractivity contribution >= 4 is 5.97 Å². The average molecular weight is 156 g/mol. The van der Waals surface area contributed by atoms with E-state index in [0.29, 0.717) is 13.2 Å². The number of hydrogen-bond donors (Lipinski definition) is 0. The van der Waals surface area contributed by atoms with E-state index in [-0.39, 0.29) is 5.97 Å². The molecule has 0 amide bonds. The molecule has 1 aliphatic rings. The Morgan fingerprint density at radius 2 is 2.18 bits per heavy atom. The lowest BCUT2D eigenvalue weighted by molar-refractivity contribution is -0.143. The van der Waals surface area contributed by atoms with Gasteiger partial charge >= 0.3 is 5.97 Å². The molecule has 0 heterocycles. The van der Waals surface area contributed by atoms with Crippen LogP contribution in [0, 0.1) is 5.92 Å². The van der Waals surface area contributed by atoms with Crippen LogP contribution in [0.1, 0.15) is 12.8 Å². The molecule has 0 aromatic carbocycles. The number of likely N-dealkylation sites (N-methyl/N-ethyl adjacent to an activating group) is 1. The van der Waals surface area contributed by atoms with Crippen LogP contribution >= 0.6 is 0 Å². The van der Waals surface area contributed by atoms with E-state index in [9.17, 15) is 4.79 Å². The molecule has 0 unspecified atom stereocenters. The van der Waals surface area contributed by atoms with Crippen molar-refractivity contribution in [1.29, 1.82) is 0 Å². The summed E-state index contributed by atoms with van der Waals surface area (Å²) in [6.45, 7) is 0.931. The van der Waals surface area contributed by atoms with Gasteiger partial charge in [-0.1, -0.05) is 0 Å². The van der Waals surface area contributed by atoms with Crippen LogP contribution in [0.15, 0.2) is 0 Å². The highest BCUT2D eigenvalue weighted by Crippen LogP contribution is 2.31. The maximum Gasteiger partial charge on any atom is 0.320 e. The maximum atomic E-state index is 10.9. The summed E-state index contributed by atoms with van der Waals surface area (Å²) >= 11 is 0. The van der Waals surface area contributed by atoms with Gasteiger partial charge < -0.3 is 4.74 Å². The quantitative estimate of drug-likeness (QED) is 0.554. The summed E-state index contributed by atoms with van der Waals surface area (Å²) in [6, 6.07) is 0. The fourth-order valence-corrected chi connectivity index (χ4v) is 0.719. The molecule has 1 fully saturated rings. The summed E-state index contributed by atoms with van der Waals surface area (Å²) in [7, 11) is 3.71. The SMILES string of the molecule is CN(C)CC(=O)OC[C]1CC1. The Morgan fingerprint density at radius 3 is 2.64 bits per heavy atom. The molecule has 1 radical (unpaired) electrons. The van der Waals surface area contributed by atoms with Crippen LogP contribution in [0.5, 0.6) is 0 Å². The highest BCUT2D eigenvalue weighted by atomic mass is 16.5. The van der Waals surface area contributed by atoms with Crippen LogP contribution < -0.4 is 0 Å². The van der Waals surface area contributed by atoms with Gasteiger partial charge in [0.25, 0.3) is 0 Å². The van der Waals surface area contributed by atoms with Crippen LogP contribution in [0.3, 0.4) is 0 Å². The van der Waals surface area contributed by atoms with Crippen molar-refractivity contribution in [2.24, 2.45) is 0 Å². The molecular weight excluding hydrogens is 142 g/mol. The van der Waals surface area contributed by atoms with Crippen LogP contribution in [0.25, 0.3) is 0 Å². The van der Waals surface area contributed by atoms with Crippen LogP contribution in [-0.4, -0.2) is 38.1 Å². The molecular formula is C8H14NO2. The summed E-state index contributed by atoms with van der Waals surface area (Å²) in [5.74, 6) is 1.23. The second kappa shape index (κ2) is 3.72. The standard InChI is InChI=1S/C8H14NO2/c1-9(2)5-8(10)11-6-7-3-4-7/h3-6H2,1-2H3. The lowest BCUT2D eigenvalue weighted by atomic mass is 10.5. The monoisotopic (exact) mass is 156 g/mol. The molecule has 0 atom stereocenters. The Bertz CT molecular complexity index is 141. The van der Waals surface area contributed by atoms with Gasteiger partial charge in [0.05, 0.1) is 13.2 Å². The van der Waals surface area contributed by atoms with Gasteiger partial charge in [-0.05, 0) is 26.9 Å². The molecule has 0 aliphatic heterocycles. The Balaban J connectivity index is 2.00. The normalized spacial score (nSPS) is 17.0. The second-order valence-corrected chi connectivity index (χ2v) is 3.15. The number of nitrogens with zero attached hydrogens (tertiary/aromatic N) is 1. The zero-order valence-corrected chi connectivity index (χ0v) is 7.09. The molecule has 0 saturated heterocycles. The van der Waals surface area contributed by atoms with Gasteiger partial charge in [-0.3, -0.25) is 9.69 Å². The van der Waals surface area contributed by atoms with Gasteiger partial charge in [0.15, 0.2) is 0 Å².